The van der Waals surface area contributed by atoms with Crippen molar-refractivity contribution < 1.29 is 0 Å². The SMILES string of the molecule is Cc1cc(C)cc(-n2c3cc4c(cc3c3c5c(ccc32)CCCC5(C)C)c2ccc3c5ccccc5c5ccccc5c3c2n4-c2ccc3ccc(-c4ccccc4)nc3n2)c1. The summed E-state index contributed by atoms with van der Waals surface area (Å²) in [6, 6.07) is 58.4. The highest BCUT2D eigenvalue weighted by Gasteiger charge is 2.32. The molecule has 0 unspecified atom stereocenters. The number of hydrogen-bond donors (Lipinski definition) is 0. The zero-order chi connectivity index (χ0) is 41.4. The van der Waals surface area contributed by atoms with Gasteiger partial charge in [-0.15, -0.1) is 0 Å². The van der Waals surface area contributed by atoms with Gasteiger partial charge in [-0.3, -0.25) is 4.57 Å². The number of nitrogens with zero attached hydrogens (tertiary/aromatic N) is 4. The van der Waals surface area contributed by atoms with Crippen LogP contribution >= 0.6 is 0 Å². The van der Waals surface area contributed by atoms with Crippen molar-refractivity contribution in [3.8, 4) is 22.8 Å². The Labute approximate surface area is 359 Å². The predicted octanol–water partition coefficient (Wildman–Crippen LogP) is 15.2. The van der Waals surface area contributed by atoms with Crippen molar-refractivity contribution in [2.45, 2.75) is 52.4 Å². The Kier molecular flexibility index (Phi) is 7.35. The molecular formula is C58H44N4. The van der Waals surface area contributed by atoms with Gasteiger partial charge in [0.15, 0.2) is 5.65 Å². The van der Waals surface area contributed by atoms with Gasteiger partial charge in [0.25, 0.3) is 0 Å². The molecule has 8 aromatic carbocycles. The Morgan fingerprint density at radius 2 is 1.16 bits per heavy atom. The van der Waals surface area contributed by atoms with Crippen molar-refractivity contribution in [2.24, 2.45) is 0 Å². The molecule has 0 aliphatic heterocycles. The molecule has 0 amide bonds. The number of aryl methyl sites for hydroxylation is 3. The van der Waals surface area contributed by atoms with Gasteiger partial charge in [-0.2, -0.15) is 0 Å². The van der Waals surface area contributed by atoms with Gasteiger partial charge in [-0.05, 0) is 142 Å². The third-order valence-corrected chi connectivity index (χ3v) is 14.0. The molecular weight excluding hydrogens is 753 g/mol. The Bertz CT molecular complexity index is 3830. The summed E-state index contributed by atoms with van der Waals surface area (Å²) in [5, 5.41) is 13.7. The quantitative estimate of drug-likeness (QED) is 0.167. The van der Waals surface area contributed by atoms with Crippen LogP contribution < -0.4 is 0 Å². The van der Waals surface area contributed by atoms with Crippen LogP contribution in [0.2, 0.25) is 0 Å². The Morgan fingerprint density at radius 1 is 0.500 bits per heavy atom. The molecule has 4 heterocycles. The van der Waals surface area contributed by atoms with Crippen LogP contribution in [-0.2, 0) is 11.8 Å². The average molecular weight is 797 g/mol. The summed E-state index contributed by atoms with van der Waals surface area (Å²) in [6.45, 7) is 9.35. The number of fused-ring (bicyclic) bond motifs is 16. The van der Waals surface area contributed by atoms with Gasteiger partial charge in [-0.1, -0.05) is 117 Å². The van der Waals surface area contributed by atoms with E-state index in [0.29, 0.717) is 0 Å². The summed E-state index contributed by atoms with van der Waals surface area (Å²) in [7, 11) is 0. The second-order valence-electron chi connectivity index (χ2n) is 18.4. The molecule has 0 atom stereocenters. The Hall–Kier alpha value is -7.30. The van der Waals surface area contributed by atoms with Crippen molar-refractivity contribution in [1.82, 2.24) is 19.1 Å². The number of benzene rings is 8. The lowest BCUT2D eigenvalue weighted by Crippen LogP contribution is -2.24. The predicted molar refractivity (Wildman–Crippen MR) is 262 cm³/mol. The molecule has 12 aromatic rings. The summed E-state index contributed by atoms with van der Waals surface area (Å²) in [5.74, 6) is 0.854. The molecule has 0 spiro atoms. The summed E-state index contributed by atoms with van der Waals surface area (Å²) in [5.41, 5.74) is 14.3. The van der Waals surface area contributed by atoms with E-state index in [0.717, 1.165) is 40.0 Å². The number of pyridine rings is 2. The zero-order valence-electron chi connectivity index (χ0n) is 35.4. The molecule has 0 saturated carbocycles. The minimum Gasteiger partial charge on any atom is -0.309 e. The van der Waals surface area contributed by atoms with Crippen LogP contribution in [0.3, 0.4) is 0 Å². The summed E-state index contributed by atoms with van der Waals surface area (Å²) < 4.78 is 4.99. The lowest BCUT2D eigenvalue weighted by molar-refractivity contribution is 0.436. The van der Waals surface area contributed by atoms with Crippen molar-refractivity contribution in [3.05, 3.63) is 180 Å². The molecule has 0 fully saturated rings. The molecule has 1 aliphatic carbocycles. The molecule has 0 N–H and O–H groups in total. The smallest absolute Gasteiger partial charge is 0.162 e. The van der Waals surface area contributed by atoms with E-state index >= 15 is 0 Å². The minimum absolute atomic E-state index is 0.0501. The van der Waals surface area contributed by atoms with E-state index in [1.54, 1.807) is 0 Å². The van der Waals surface area contributed by atoms with E-state index in [1.165, 1.54) is 111 Å². The van der Waals surface area contributed by atoms with Crippen molar-refractivity contribution in [1.29, 1.82) is 0 Å². The molecule has 13 rings (SSSR count). The zero-order valence-corrected chi connectivity index (χ0v) is 35.4. The van der Waals surface area contributed by atoms with Crippen LogP contribution in [0.4, 0.5) is 0 Å². The standard InChI is InChI=1S/C58H44N4/c1-34-29-35(2)31-39(30-34)61-49-26-21-37-15-12-28-58(3,4)55(37)54(49)47-32-46-45-24-23-44-42-18-9-8-16-40(42)41-17-10-11-19-43(41)53(44)56(45)62(50(46)33-51(47)61)52-27-22-38-20-25-48(59-57(38)60-52)36-13-6-5-7-14-36/h5-11,13-14,16-27,29-33H,12,15,28H2,1-4H3. The van der Waals surface area contributed by atoms with Gasteiger partial charge in [-0.25, -0.2) is 9.97 Å². The van der Waals surface area contributed by atoms with E-state index in [-0.39, 0.29) is 5.41 Å². The highest BCUT2D eigenvalue weighted by Crippen LogP contribution is 2.49. The second-order valence-corrected chi connectivity index (χ2v) is 18.4. The fraction of sp³-hybridized carbons (Fsp3) is 0.138. The average Bonchev–Trinajstić information content (AvgIpc) is 3.79. The summed E-state index contributed by atoms with van der Waals surface area (Å²) in [6.07, 6.45) is 3.51. The number of aromatic nitrogens is 4. The van der Waals surface area contributed by atoms with Crippen molar-refractivity contribution >= 4 is 87.0 Å². The molecule has 296 valence electrons. The largest absolute Gasteiger partial charge is 0.309 e. The highest BCUT2D eigenvalue weighted by atomic mass is 15.1. The van der Waals surface area contributed by atoms with E-state index in [2.05, 4.69) is 188 Å². The highest BCUT2D eigenvalue weighted by molar-refractivity contribution is 6.34. The first-order valence-electron chi connectivity index (χ1n) is 22.0. The van der Waals surface area contributed by atoms with Gasteiger partial charge in [0.2, 0.25) is 0 Å². The maximum absolute atomic E-state index is 5.50. The van der Waals surface area contributed by atoms with E-state index in [4.69, 9.17) is 9.97 Å². The molecule has 4 aromatic heterocycles. The first kappa shape index (κ1) is 35.5. The van der Waals surface area contributed by atoms with Crippen LogP contribution in [0.5, 0.6) is 0 Å². The number of rotatable bonds is 3. The molecule has 1 aliphatic rings. The normalized spacial score (nSPS) is 14.1. The molecule has 4 heteroatoms. The van der Waals surface area contributed by atoms with Crippen LogP contribution in [0.1, 0.15) is 48.9 Å². The van der Waals surface area contributed by atoms with Crippen molar-refractivity contribution in [3.63, 3.8) is 0 Å². The van der Waals surface area contributed by atoms with E-state index in [1.807, 2.05) is 6.07 Å². The van der Waals surface area contributed by atoms with Crippen LogP contribution in [0.25, 0.3) is 110 Å². The van der Waals surface area contributed by atoms with Crippen LogP contribution in [0.15, 0.2) is 158 Å². The van der Waals surface area contributed by atoms with Gasteiger partial charge in [0.05, 0.1) is 27.8 Å². The fourth-order valence-corrected chi connectivity index (χ4v) is 11.4. The minimum atomic E-state index is 0.0501. The topological polar surface area (TPSA) is 35.6 Å². The monoisotopic (exact) mass is 796 g/mol. The molecule has 0 saturated heterocycles. The van der Waals surface area contributed by atoms with Crippen LogP contribution in [0, 0.1) is 13.8 Å². The second kappa shape index (κ2) is 12.9. The summed E-state index contributed by atoms with van der Waals surface area (Å²) >= 11 is 0. The van der Waals surface area contributed by atoms with Gasteiger partial charge >= 0.3 is 0 Å². The maximum atomic E-state index is 5.50. The van der Waals surface area contributed by atoms with Gasteiger partial charge in [0.1, 0.15) is 5.82 Å². The third-order valence-electron chi connectivity index (χ3n) is 14.0. The molecule has 4 nitrogen and oxygen atoms in total. The van der Waals surface area contributed by atoms with E-state index < -0.39 is 0 Å². The molecule has 0 radical (unpaired) electrons. The summed E-state index contributed by atoms with van der Waals surface area (Å²) in [4.78, 5) is 10.7. The number of hydrogen-bond acceptors (Lipinski definition) is 2. The lowest BCUT2D eigenvalue weighted by atomic mass is 9.71. The first-order chi connectivity index (χ1) is 30.3. The Morgan fingerprint density at radius 3 is 1.94 bits per heavy atom. The maximum Gasteiger partial charge on any atom is 0.162 e. The molecule has 62 heavy (non-hydrogen) atoms. The third kappa shape index (κ3) is 5.01. The van der Waals surface area contributed by atoms with Crippen LogP contribution in [-0.4, -0.2) is 19.1 Å². The first-order valence-corrected chi connectivity index (χ1v) is 22.0. The molecule has 0 bridgehead atoms. The van der Waals surface area contributed by atoms with Gasteiger partial charge in [0, 0.05) is 43.6 Å². The van der Waals surface area contributed by atoms with Crippen molar-refractivity contribution in [2.75, 3.05) is 0 Å². The Balaban J connectivity index is 1.24. The fourth-order valence-electron chi connectivity index (χ4n) is 11.4. The van der Waals surface area contributed by atoms with E-state index in [9.17, 15) is 0 Å². The van der Waals surface area contributed by atoms with Gasteiger partial charge < -0.3 is 4.57 Å². The lowest BCUT2D eigenvalue weighted by Gasteiger charge is -2.33.